The molecule has 1 aliphatic rings. The average molecular weight is 574 g/mol. The van der Waals surface area contributed by atoms with E-state index in [0.717, 1.165) is 15.6 Å². The predicted molar refractivity (Wildman–Crippen MR) is 153 cm³/mol. The summed E-state index contributed by atoms with van der Waals surface area (Å²) in [7, 11) is 1.59. The molecule has 0 heterocycles. The highest BCUT2D eigenvalue weighted by Gasteiger charge is 2.28. The molecule has 186 valence electrons. The molecule has 4 aromatic carbocycles. The molecule has 0 saturated carbocycles. The molecule has 5 nitrogen and oxygen atoms in total. The Balaban J connectivity index is 1.20. The molecule has 5 rings (SSSR count). The third-order valence-electron chi connectivity index (χ3n) is 6.04. The van der Waals surface area contributed by atoms with Crippen LogP contribution in [0.15, 0.2) is 101 Å². The van der Waals surface area contributed by atoms with Gasteiger partial charge in [-0.05, 0) is 61.4 Å². The fraction of sp³-hybridized carbons (Fsp3) is 0.133. The van der Waals surface area contributed by atoms with Gasteiger partial charge in [-0.15, -0.1) is 11.8 Å². The lowest BCUT2D eigenvalue weighted by Crippen LogP contribution is -2.20. The number of fused-ring (bicyclic) bond motifs is 3. The van der Waals surface area contributed by atoms with E-state index >= 15 is 0 Å². The Hall–Kier alpha value is -3.55. The quantitative estimate of drug-likeness (QED) is 0.173. The van der Waals surface area contributed by atoms with E-state index in [1.165, 1.54) is 22.3 Å². The maximum Gasteiger partial charge on any atom is 0.250 e. The van der Waals surface area contributed by atoms with Gasteiger partial charge in [0.1, 0.15) is 6.61 Å². The lowest BCUT2D eigenvalue weighted by Gasteiger charge is -2.13. The maximum absolute atomic E-state index is 12.6. The van der Waals surface area contributed by atoms with Crippen LogP contribution >= 0.6 is 27.7 Å². The number of nitrogens with one attached hydrogen (secondary N) is 1. The van der Waals surface area contributed by atoms with Crippen molar-refractivity contribution < 1.29 is 14.3 Å². The molecule has 0 fully saturated rings. The van der Waals surface area contributed by atoms with Crippen molar-refractivity contribution in [3.63, 3.8) is 0 Å². The van der Waals surface area contributed by atoms with Crippen molar-refractivity contribution in [3.8, 4) is 22.6 Å². The summed E-state index contributed by atoms with van der Waals surface area (Å²) in [4.78, 5) is 12.6. The van der Waals surface area contributed by atoms with Gasteiger partial charge >= 0.3 is 0 Å². The van der Waals surface area contributed by atoms with Gasteiger partial charge in [0.05, 0.1) is 28.8 Å². The summed E-state index contributed by atoms with van der Waals surface area (Å²) in [6.07, 6.45) is 1.59. The standard InChI is InChI=1S/C30H25BrN2O3S/c1-35-27-16-21(15-26(31)29(27)36-18-20-9-3-2-4-10-20)17-32-33-28(34)19-37-30-24-13-7-5-11-22(24)23-12-6-8-14-25(23)30/h2-17,30H,18-19H2,1H3,(H,33,34)/b32-17-. The van der Waals surface area contributed by atoms with Gasteiger partial charge in [0.25, 0.3) is 0 Å². The van der Waals surface area contributed by atoms with Crippen LogP contribution in [-0.2, 0) is 11.4 Å². The summed E-state index contributed by atoms with van der Waals surface area (Å²) in [5, 5.41) is 4.29. The molecule has 4 aromatic rings. The highest BCUT2D eigenvalue weighted by molar-refractivity contribution is 9.10. The van der Waals surface area contributed by atoms with Crippen LogP contribution < -0.4 is 14.9 Å². The van der Waals surface area contributed by atoms with Crippen molar-refractivity contribution in [1.82, 2.24) is 5.43 Å². The summed E-state index contributed by atoms with van der Waals surface area (Å²) in [5.41, 5.74) is 9.45. The Bertz CT molecular complexity index is 1400. The predicted octanol–water partition coefficient (Wildman–Crippen LogP) is 6.99. The second-order valence-electron chi connectivity index (χ2n) is 8.47. The second-order valence-corrected chi connectivity index (χ2v) is 10.4. The van der Waals surface area contributed by atoms with E-state index in [0.29, 0.717) is 23.9 Å². The third kappa shape index (κ3) is 5.73. The van der Waals surface area contributed by atoms with Crippen LogP contribution in [0.2, 0.25) is 0 Å². The zero-order valence-corrected chi connectivity index (χ0v) is 22.6. The molecule has 1 aliphatic carbocycles. The minimum atomic E-state index is -0.156. The van der Waals surface area contributed by atoms with Gasteiger partial charge in [-0.3, -0.25) is 4.79 Å². The second kappa shape index (κ2) is 11.7. The number of benzene rings is 4. The van der Waals surface area contributed by atoms with E-state index in [9.17, 15) is 4.79 Å². The molecule has 37 heavy (non-hydrogen) atoms. The van der Waals surface area contributed by atoms with Crippen LogP contribution in [-0.4, -0.2) is 25.0 Å². The third-order valence-corrected chi connectivity index (χ3v) is 7.90. The van der Waals surface area contributed by atoms with E-state index in [2.05, 4.69) is 62.9 Å². The fourth-order valence-electron chi connectivity index (χ4n) is 4.34. The molecule has 0 unspecified atom stereocenters. The van der Waals surface area contributed by atoms with E-state index in [1.807, 2.05) is 54.6 Å². The minimum Gasteiger partial charge on any atom is -0.493 e. The van der Waals surface area contributed by atoms with Gasteiger partial charge in [0.15, 0.2) is 11.5 Å². The first kappa shape index (κ1) is 25.1. The van der Waals surface area contributed by atoms with Crippen molar-refractivity contribution in [2.24, 2.45) is 5.10 Å². The van der Waals surface area contributed by atoms with Crippen LogP contribution in [0.4, 0.5) is 0 Å². The lowest BCUT2D eigenvalue weighted by atomic mass is 10.1. The smallest absolute Gasteiger partial charge is 0.250 e. The van der Waals surface area contributed by atoms with Crippen LogP contribution in [0.5, 0.6) is 11.5 Å². The number of amides is 1. The number of hydrogen-bond acceptors (Lipinski definition) is 5. The molecule has 0 bridgehead atoms. The number of ether oxygens (including phenoxy) is 2. The van der Waals surface area contributed by atoms with Crippen molar-refractivity contribution >= 4 is 39.8 Å². The number of nitrogens with zero attached hydrogens (tertiary/aromatic N) is 1. The molecule has 0 atom stereocenters. The van der Waals surface area contributed by atoms with E-state index in [4.69, 9.17) is 9.47 Å². The zero-order valence-electron chi connectivity index (χ0n) is 20.2. The Morgan fingerprint density at radius 2 is 1.62 bits per heavy atom. The van der Waals surface area contributed by atoms with Crippen LogP contribution in [0.3, 0.4) is 0 Å². The number of thioether (sulfide) groups is 1. The molecule has 0 aliphatic heterocycles. The number of hydrazone groups is 1. The Kier molecular flexibility index (Phi) is 7.92. The van der Waals surface area contributed by atoms with Gasteiger partial charge in [-0.25, -0.2) is 5.43 Å². The minimum absolute atomic E-state index is 0.130. The molecular weight excluding hydrogens is 548 g/mol. The number of rotatable bonds is 9. The molecule has 1 N–H and O–H groups in total. The fourth-order valence-corrected chi connectivity index (χ4v) is 6.07. The number of methoxy groups -OCH3 is 1. The topological polar surface area (TPSA) is 59.9 Å². The molecular formula is C30H25BrN2O3S. The summed E-state index contributed by atoms with van der Waals surface area (Å²) in [5.74, 6) is 1.33. The largest absolute Gasteiger partial charge is 0.493 e. The summed E-state index contributed by atoms with van der Waals surface area (Å²) in [6, 6.07) is 30.4. The molecule has 0 saturated heterocycles. The number of hydrogen-bond donors (Lipinski definition) is 1. The van der Waals surface area contributed by atoms with Gasteiger partial charge < -0.3 is 9.47 Å². The first-order valence-corrected chi connectivity index (χ1v) is 13.6. The molecule has 0 spiro atoms. The summed E-state index contributed by atoms with van der Waals surface area (Å²) >= 11 is 5.17. The van der Waals surface area contributed by atoms with Gasteiger partial charge in [-0.1, -0.05) is 78.9 Å². The first-order chi connectivity index (χ1) is 18.1. The van der Waals surface area contributed by atoms with E-state index in [1.54, 1.807) is 25.1 Å². The molecule has 1 amide bonds. The molecule has 7 heteroatoms. The Morgan fingerprint density at radius 3 is 2.30 bits per heavy atom. The van der Waals surface area contributed by atoms with E-state index < -0.39 is 0 Å². The normalized spacial score (nSPS) is 12.3. The molecule has 0 aromatic heterocycles. The van der Waals surface area contributed by atoms with Crippen LogP contribution in [0.25, 0.3) is 11.1 Å². The highest BCUT2D eigenvalue weighted by Crippen LogP contribution is 2.49. The monoisotopic (exact) mass is 572 g/mol. The van der Waals surface area contributed by atoms with Crippen LogP contribution in [0, 0.1) is 0 Å². The molecule has 0 radical (unpaired) electrons. The average Bonchev–Trinajstić information content (AvgIpc) is 3.25. The maximum atomic E-state index is 12.6. The van der Waals surface area contributed by atoms with Crippen LogP contribution in [0.1, 0.15) is 27.5 Å². The van der Waals surface area contributed by atoms with Gasteiger partial charge in [-0.2, -0.15) is 5.10 Å². The van der Waals surface area contributed by atoms with Crippen molar-refractivity contribution in [2.75, 3.05) is 12.9 Å². The van der Waals surface area contributed by atoms with Crippen molar-refractivity contribution in [1.29, 1.82) is 0 Å². The van der Waals surface area contributed by atoms with Crippen molar-refractivity contribution in [2.45, 2.75) is 11.9 Å². The Labute approximate surface area is 229 Å². The first-order valence-electron chi connectivity index (χ1n) is 11.8. The van der Waals surface area contributed by atoms with Gasteiger partial charge in [0, 0.05) is 0 Å². The van der Waals surface area contributed by atoms with Crippen molar-refractivity contribution in [3.05, 3.63) is 118 Å². The SMILES string of the molecule is COc1cc(/C=N\NC(=O)CSC2c3ccccc3-c3ccccc32)cc(Br)c1OCc1ccccc1. The van der Waals surface area contributed by atoms with Gasteiger partial charge in [0.2, 0.25) is 5.91 Å². The number of carbonyl (C=O) groups is 1. The Morgan fingerprint density at radius 1 is 0.973 bits per heavy atom. The van der Waals surface area contributed by atoms with E-state index in [-0.39, 0.29) is 11.2 Å². The number of halogens is 1. The summed E-state index contributed by atoms with van der Waals surface area (Å²) < 4.78 is 12.3. The zero-order chi connectivity index (χ0) is 25.6. The highest BCUT2D eigenvalue weighted by atomic mass is 79.9. The number of carbonyl (C=O) groups excluding carboxylic acids is 1. The lowest BCUT2D eigenvalue weighted by molar-refractivity contribution is -0.118. The summed E-state index contributed by atoms with van der Waals surface area (Å²) in [6.45, 7) is 0.424.